The molecule has 0 aliphatic heterocycles. The summed E-state index contributed by atoms with van der Waals surface area (Å²) in [5, 5.41) is 7.48. The summed E-state index contributed by atoms with van der Waals surface area (Å²) in [6.07, 6.45) is 2.09. The standard InChI is InChI=1S/C11H12BrFN2O3S/c12-7-3-8(11(16)15-5-6-1-2-6)10(13)9(4-7)19(14,17)18/h3-4,6H,1-2,5H2,(H,15,16)(H2,14,17,18). The summed E-state index contributed by atoms with van der Waals surface area (Å²) < 4.78 is 36.8. The highest BCUT2D eigenvalue weighted by atomic mass is 79.9. The molecule has 0 heterocycles. The van der Waals surface area contributed by atoms with E-state index in [1.807, 2.05) is 0 Å². The third-order valence-corrected chi connectivity index (χ3v) is 4.17. The fourth-order valence-corrected chi connectivity index (χ4v) is 2.85. The number of primary sulfonamides is 1. The van der Waals surface area contributed by atoms with Gasteiger partial charge < -0.3 is 5.32 Å². The second-order valence-corrected chi connectivity index (χ2v) is 6.91. The molecular weight excluding hydrogens is 339 g/mol. The Morgan fingerprint density at radius 3 is 2.63 bits per heavy atom. The molecule has 1 aliphatic carbocycles. The lowest BCUT2D eigenvalue weighted by atomic mass is 10.2. The number of benzene rings is 1. The molecule has 1 fully saturated rings. The van der Waals surface area contributed by atoms with Crippen LogP contribution in [0.5, 0.6) is 0 Å². The Balaban J connectivity index is 2.33. The van der Waals surface area contributed by atoms with Crippen molar-refractivity contribution in [3.8, 4) is 0 Å². The number of rotatable bonds is 4. The van der Waals surface area contributed by atoms with Gasteiger partial charge in [-0.05, 0) is 30.9 Å². The molecule has 0 spiro atoms. The summed E-state index contributed by atoms with van der Waals surface area (Å²) in [5.41, 5.74) is -0.334. The van der Waals surface area contributed by atoms with Crippen LogP contribution in [0, 0.1) is 11.7 Å². The van der Waals surface area contributed by atoms with Gasteiger partial charge in [0.25, 0.3) is 5.91 Å². The van der Waals surface area contributed by atoms with Gasteiger partial charge in [-0.15, -0.1) is 0 Å². The quantitative estimate of drug-likeness (QED) is 0.859. The van der Waals surface area contributed by atoms with E-state index in [9.17, 15) is 17.6 Å². The molecule has 8 heteroatoms. The predicted molar refractivity (Wildman–Crippen MR) is 70.5 cm³/mol. The van der Waals surface area contributed by atoms with Crippen molar-refractivity contribution in [1.29, 1.82) is 0 Å². The molecule has 0 saturated heterocycles. The van der Waals surface area contributed by atoms with E-state index >= 15 is 0 Å². The fraction of sp³-hybridized carbons (Fsp3) is 0.364. The molecule has 0 unspecified atom stereocenters. The van der Waals surface area contributed by atoms with E-state index in [1.165, 1.54) is 6.07 Å². The summed E-state index contributed by atoms with van der Waals surface area (Å²) in [5.74, 6) is -1.33. The SMILES string of the molecule is NS(=O)(=O)c1cc(Br)cc(C(=O)NCC2CC2)c1F. The molecule has 1 saturated carbocycles. The minimum absolute atomic E-state index is 0.273. The van der Waals surface area contributed by atoms with Crippen molar-refractivity contribution in [2.45, 2.75) is 17.7 Å². The summed E-state index contributed by atoms with van der Waals surface area (Å²) in [4.78, 5) is 11.1. The number of hydrogen-bond acceptors (Lipinski definition) is 3. The molecule has 0 bridgehead atoms. The van der Waals surface area contributed by atoms with Crippen LogP contribution in [-0.2, 0) is 10.0 Å². The average Bonchev–Trinajstić information content (AvgIpc) is 3.11. The second-order valence-electron chi connectivity index (χ2n) is 4.46. The highest BCUT2D eigenvalue weighted by molar-refractivity contribution is 9.10. The molecule has 0 radical (unpaired) electrons. The van der Waals surface area contributed by atoms with Gasteiger partial charge in [0.15, 0.2) is 5.82 Å². The van der Waals surface area contributed by atoms with E-state index in [2.05, 4.69) is 21.2 Å². The molecule has 1 aliphatic rings. The number of hydrogen-bond donors (Lipinski definition) is 2. The summed E-state index contributed by atoms with van der Waals surface area (Å²) in [6.45, 7) is 0.468. The lowest BCUT2D eigenvalue weighted by molar-refractivity contribution is 0.0947. The summed E-state index contributed by atoms with van der Waals surface area (Å²) in [6, 6.07) is 2.26. The molecule has 5 nitrogen and oxygen atoms in total. The van der Waals surface area contributed by atoms with Gasteiger partial charge in [-0.2, -0.15) is 0 Å². The Labute approximate surface area is 118 Å². The molecule has 3 N–H and O–H groups in total. The maximum absolute atomic E-state index is 14.0. The molecule has 0 aromatic heterocycles. The zero-order valence-corrected chi connectivity index (χ0v) is 12.2. The predicted octanol–water partition coefficient (Wildman–Crippen LogP) is 1.38. The molecule has 1 amide bonds. The maximum atomic E-state index is 14.0. The van der Waals surface area contributed by atoms with Gasteiger partial charge in [0, 0.05) is 11.0 Å². The smallest absolute Gasteiger partial charge is 0.254 e. The van der Waals surface area contributed by atoms with Crippen LogP contribution in [0.1, 0.15) is 23.2 Å². The van der Waals surface area contributed by atoms with Crippen LogP contribution < -0.4 is 10.5 Å². The van der Waals surface area contributed by atoms with E-state index < -0.39 is 26.6 Å². The number of carbonyl (C=O) groups is 1. The van der Waals surface area contributed by atoms with Gasteiger partial charge in [0.2, 0.25) is 10.0 Å². The van der Waals surface area contributed by atoms with Crippen LogP contribution >= 0.6 is 15.9 Å². The van der Waals surface area contributed by atoms with Gasteiger partial charge in [0.1, 0.15) is 4.90 Å². The van der Waals surface area contributed by atoms with Crippen molar-refractivity contribution < 1.29 is 17.6 Å². The number of halogens is 2. The first kappa shape index (κ1) is 14.4. The van der Waals surface area contributed by atoms with Crippen molar-refractivity contribution in [2.24, 2.45) is 11.1 Å². The monoisotopic (exact) mass is 350 g/mol. The fourth-order valence-electron chi connectivity index (χ4n) is 1.59. The second kappa shape index (κ2) is 5.18. The van der Waals surface area contributed by atoms with Crippen LogP contribution in [-0.4, -0.2) is 20.9 Å². The van der Waals surface area contributed by atoms with Crippen LogP contribution in [0.2, 0.25) is 0 Å². The number of carbonyl (C=O) groups excluding carboxylic acids is 1. The summed E-state index contributed by atoms with van der Waals surface area (Å²) in [7, 11) is -4.22. The Hall–Kier alpha value is -0.990. The van der Waals surface area contributed by atoms with Gasteiger partial charge in [-0.25, -0.2) is 17.9 Å². The van der Waals surface area contributed by atoms with Crippen LogP contribution in [0.4, 0.5) is 4.39 Å². The van der Waals surface area contributed by atoms with Crippen molar-refractivity contribution >= 4 is 31.9 Å². The lowest BCUT2D eigenvalue weighted by Crippen LogP contribution is -2.27. The lowest BCUT2D eigenvalue weighted by Gasteiger charge is -2.09. The highest BCUT2D eigenvalue weighted by Gasteiger charge is 2.25. The Morgan fingerprint density at radius 1 is 1.47 bits per heavy atom. The third-order valence-electron chi connectivity index (χ3n) is 2.80. The molecule has 1 aromatic rings. The first-order chi connectivity index (χ1) is 8.79. The minimum Gasteiger partial charge on any atom is -0.352 e. The van der Waals surface area contributed by atoms with Crippen LogP contribution in [0.3, 0.4) is 0 Å². The topological polar surface area (TPSA) is 89.3 Å². The van der Waals surface area contributed by atoms with E-state index in [4.69, 9.17) is 5.14 Å². The van der Waals surface area contributed by atoms with E-state index in [1.54, 1.807) is 0 Å². The van der Waals surface area contributed by atoms with E-state index in [0.29, 0.717) is 12.5 Å². The number of nitrogens with one attached hydrogen (secondary N) is 1. The molecular formula is C11H12BrFN2O3S. The highest BCUT2D eigenvalue weighted by Crippen LogP contribution is 2.28. The first-order valence-corrected chi connectivity index (χ1v) is 7.93. The number of sulfonamides is 1. The van der Waals surface area contributed by atoms with Gasteiger partial charge >= 0.3 is 0 Å². The van der Waals surface area contributed by atoms with Crippen molar-refractivity contribution in [3.63, 3.8) is 0 Å². The minimum atomic E-state index is -4.22. The average molecular weight is 351 g/mol. The molecule has 0 atom stereocenters. The van der Waals surface area contributed by atoms with E-state index in [-0.39, 0.29) is 10.0 Å². The van der Waals surface area contributed by atoms with Crippen molar-refractivity contribution in [1.82, 2.24) is 5.32 Å². The number of amides is 1. The summed E-state index contributed by atoms with van der Waals surface area (Å²) >= 11 is 3.03. The number of nitrogens with two attached hydrogens (primary N) is 1. The zero-order valence-electron chi connectivity index (χ0n) is 9.82. The van der Waals surface area contributed by atoms with Crippen molar-refractivity contribution in [3.05, 3.63) is 28.0 Å². The zero-order chi connectivity index (χ0) is 14.2. The van der Waals surface area contributed by atoms with Crippen LogP contribution in [0.25, 0.3) is 0 Å². The molecule has 2 rings (SSSR count). The van der Waals surface area contributed by atoms with Crippen LogP contribution in [0.15, 0.2) is 21.5 Å². The van der Waals surface area contributed by atoms with Gasteiger partial charge in [-0.1, -0.05) is 15.9 Å². The largest absolute Gasteiger partial charge is 0.352 e. The Bertz CT molecular complexity index is 629. The van der Waals surface area contributed by atoms with E-state index in [0.717, 1.165) is 18.9 Å². The van der Waals surface area contributed by atoms with Gasteiger partial charge in [-0.3, -0.25) is 4.79 Å². The first-order valence-electron chi connectivity index (χ1n) is 5.59. The maximum Gasteiger partial charge on any atom is 0.254 e. The van der Waals surface area contributed by atoms with Gasteiger partial charge in [0.05, 0.1) is 5.56 Å². The van der Waals surface area contributed by atoms with Crippen molar-refractivity contribution in [2.75, 3.05) is 6.54 Å². The normalized spacial score (nSPS) is 15.3. The Morgan fingerprint density at radius 2 is 2.11 bits per heavy atom. The third kappa shape index (κ3) is 3.52. The molecule has 104 valence electrons. The molecule has 1 aromatic carbocycles. The molecule has 19 heavy (non-hydrogen) atoms. The Kier molecular flexibility index (Phi) is 3.93.